The van der Waals surface area contributed by atoms with Crippen molar-refractivity contribution in [2.45, 2.75) is 6.92 Å². The molecule has 2 N–H and O–H groups in total. The second-order valence-electron chi connectivity index (χ2n) is 4.34. The summed E-state index contributed by atoms with van der Waals surface area (Å²) in [6.45, 7) is 1.75. The fraction of sp³-hybridized carbons (Fsp3) is 0.0714. The Balaban J connectivity index is 2.20. The molecule has 0 fully saturated rings. The molecule has 5 heteroatoms. The van der Waals surface area contributed by atoms with Crippen molar-refractivity contribution in [3.05, 3.63) is 47.5 Å². The number of aromatic amines is 1. The minimum Gasteiger partial charge on any atom is -0.508 e. The smallest absolute Gasteiger partial charge is 0.186 e. The van der Waals surface area contributed by atoms with Gasteiger partial charge in [-0.25, -0.2) is 13.8 Å². The molecule has 1 aromatic heterocycles. The Morgan fingerprint density at radius 2 is 1.95 bits per heavy atom. The first-order valence-electron chi connectivity index (χ1n) is 5.70. The van der Waals surface area contributed by atoms with Crippen LogP contribution in [0, 0.1) is 18.6 Å². The van der Waals surface area contributed by atoms with Crippen LogP contribution in [0.1, 0.15) is 5.56 Å². The molecule has 0 aliphatic carbocycles. The lowest BCUT2D eigenvalue weighted by Crippen LogP contribution is -1.84. The van der Waals surface area contributed by atoms with E-state index in [1.165, 1.54) is 12.1 Å². The highest BCUT2D eigenvalue weighted by molar-refractivity contribution is 5.80. The highest BCUT2D eigenvalue weighted by atomic mass is 19.2. The van der Waals surface area contributed by atoms with Crippen molar-refractivity contribution in [3.8, 4) is 17.1 Å². The number of hydrogen-bond donors (Lipinski definition) is 2. The summed E-state index contributed by atoms with van der Waals surface area (Å²) in [5.74, 6) is -1.28. The summed E-state index contributed by atoms with van der Waals surface area (Å²) < 4.78 is 26.7. The molecule has 0 unspecified atom stereocenters. The molecule has 3 aromatic rings. The average Bonchev–Trinajstić information content (AvgIpc) is 2.82. The quantitative estimate of drug-likeness (QED) is 0.703. The lowest BCUT2D eigenvalue weighted by molar-refractivity contribution is 0.471. The molecule has 0 spiro atoms. The number of aromatic nitrogens is 2. The van der Waals surface area contributed by atoms with Crippen molar-refractivity contribution in [3.63, 3.8) is 0 Å². The zero-order valence-corrected chi connectivity index (χ0v) is 10.0. The van der Waals surface area contributed by atoms with Gasteiger partial charge in [-0.3, -0.25) is 0 Å². The van der Waals surface area contributed by atoms with Crippen molar-refractivity contribution in [1.82, 2.24) is 9.97 Å². The minimum atomic E-state index is -0.962. The lowest BCUT2D eigenvalue weighted by atomic mass is 10.1. The largest absolute Gasteiger partial charge is 0.508 e. The third-order valence-electron chi connectivity index (χ3n) is 3.02. The SMILES string of the molecule is Cc1cc(-c2nc3c(F)c(F)ccc3[nH]2)ccc1O. The predicted molar refractivity (Wildman–Crippen MR) is 67.8 cm³/mol. The zero-order chi connectivity index (χ0) is 13.6. The van der Waals surface area contributed by atoms with Gasteiger partial charge in [0.25, 0.3) is 0 Å². The molecular formula is C14H10F2N2O. The highest BCUT2D eigenvalue weighted by Crippen LogP contribution is 2.26. The Kier molecular flexibility index (Phi) is 2.48. The topological polar surface area (TPSA) is 48.9 Å². The second-order valence-corrected chi connectivity index (χ2v) is 4.34. The van der Waals surface area contributed by atoms with Crippen LogP contribution >= 0.6 is 0 Å². The van der Waals surface area contributed by atoms with Crippen LogP contribution in [0.3, 0.4) is 0 Å². The van der Waals surface area contributed by atoms with Crippen LogP contribution in [-0.2, 0) is 0 Å². The van der Waals surface area contributed by atoms with Gasteiger partial charge < -0.3 is 10.1 Å². The summed E-state index contributed by atoms with van der Waals surface area (Å²) in [6, 6.07) is 7.42. The first-order valence-corrected chi connectivity index (χ1v) is 5.70. The molecule has 0 saturated heterocycles. The Labute approximate surface area is 107 Å². The molecule has 3 rings (SSSR count). The van der Waals surface area contributed by atoms with Gasteiger partial charge in [-0.15, -0.1) is 0 Å². The normalized spacial score (nSPS) is 11.1. The Bertz CT molecular complexity index is 780. The van der Waals surface area contributed by atoms with Crippen molar-refractivity contribution in [2.24, 2.45) is 0 Å². The van der Waals surface area contributed by atoms with E-state index in [1.807, 2.05) is 0 Å². The van der Waals surface area contributed by atoms with Crippen molar-refractivity contribution in [1.29, 1.82) is 0 Å². The summed E-state index contributed by atoms with van der Waals surface area (Å²) >= 11 is 0. The number of phenolic OH excluding ortho intramolecular Hbond substituents is 1. The monoisotopic (exact) mass is 260 g/mol. The van der Waals surface area contributed by atoms with E-state index >= 15 is 0 Å². The van der Waals surface area contributed by atoms with E-state index in [4.69, 9.17) is 0 Å². The molecule has 19 heavy (non-hydrogen) atoms. The summed E-state index contributed by atoms with van der Waals surface area (Å²) in [7, 11) is 0. The molecule has 0 saturated carbocycles. The lowest BCUT2D eigenvalue weighted by Gasteiger charge is -2.00. The van der Waals surface area contributed by atoms with Crippen molar-refractivity contribution < 1.29 is 13.9 Å². The summed E-state index contributed by atoms with van der Waals surface area (Å²) in [5, 5.41) is 9.47. The van der Waals surface area contributed by atoms with Crippen LogP contribution in [-0.4, -0.2) is 15.1 Å². The number of halogens is 2. The van der Waals surface area contributed by atoms with Gasteiger partial charge in [0.15, 0.2) is 11.6 Å². The van der Waals surface area contributed by atoms with Gasteiger partial charge in [0.05, 0.1) is 5.52 Å². The standard InChI is InChI=1S/C14H10F2N2O/c1-7-6-8(2-5-11(7)19)14-17-10-4-3-9(15)12(16)13(10)18-14/h2-6,19H,1H3,(H,17,18). The fourth-order valence-corrected chi connectivity index (χ4v) is 1.96. The summed E-state index contributed by atoms with van der Waals surface area (Å²) in [5.41, 5.74) is 1.79. The number of fused-ring (bicyclic) bond motifs is 1. The van der Waals surface area contributed by atoms with Gasteiger partial charge >= 0.3 is 0 Å². The molecule has 0 amide bonds. The van der Waals surface area contributed by atoms with Crippen LogP contribution in [0.15, 0.2) is 30.3 Å². The van der Waals surface area contributed by atoms with Gasteiger partial charge in [0.2, 0.25) is 0 Å². The Morgan fingerprint density at radius 3 is 2.68 bits per heavy atom. The van der Waals surface area contributed by atoms with Crippen LogP contribution in [0.5, 0.6) is 5.75 Å². The van der Waals surface area contributed by atoms with Crippen molar-refractivity contribution in [2.75, 3.05) is 0 Å². The van der Waals surface area contributed by atoms with Crippen LogP contribution in [0.2, 0.25) is 0 Å². The highest BCUT2D eigenvalue weighted by Gasteiger charge is 2.13. The molecule has 0 aliphatic heterocycles. The first-order chi connectivity index (χ1) is 9.06. The minimum absolute atomic E-state index is 0.0271. The third kappa shape index (κ3) is 1.83. The van der Waals surface area contributed by atoms with E-state index in [1.54, 1.807) is 19.1 Å². The number of imidazole rings is 1. The predicted octanol–water partition coefficient (Wildman–Crippen LogP) is 3.52. The molecule has 2 aromatic carbocycles. The van der Waals surface area contributed by atoms with Crippen molar-refractivity contribution >= 4 is 11.0 Å². The van der Waals surface area contributed by atoms with Gasteiger partial charge in [0.1, 0.15) is 17.1 Å². The number of rotatable bonds is 1. The van der Waals surface area contributed by atoms with E-state index in [2.05, 4.69) is 9.97 Å². The van der Waals surface area contributed by atoms with Gasteiger partial charge in [0, 0.05) is 5.56 Å². The number of aryl methyl sites for hydroxylation is 1. The van der Waals surface area contributed by atoms with Crippen LogP contribution < -0.4 is 0 Å². The van der Waals surface area contributed by atoms with E-state index in [0.717, 1.165) is 6.07 Å². The summed E-state index contributed by atoms with van der Waals surface area (Å²) in [6.07, 6.45) is 0. The molecule has 0 aliphatic rings. The molecular weight excluding hydrogens is 250 g/mol. The van der Waals surface area contributed by atoms with E-state index in [9.17, 15) is 13.9 Å². The van der Waals surface area contributed by atoms with Gasteiger partial charge in [-0.1, -0.05) is 0 Å². The summed E-state index contributed by atoms with van der Waals surface area (Å²) in [4.78, 5) is 6.99. The Morgan fingerprint density at radius 1 is 1.16 bits per heavy atom. The number of nitrogens with one attached hydrogen (secondary N) is 1. The fourth-order valence-electron chi connectivity index (χ4n) is 1.96. The molecule has 3 nitrogen and oxygen atoms in total. The number of nitrogens with zero attached hydrogens (tertiary/aromatic N) is 1. The number of aromatic hydroxyl groups is 1. The number of hydrogen-bond acceptors (Lipinski definition) is 2. The van der Waals surface area contributed by atoms with Crippen LogP contribution in [0.4, 0.5) is 8.78 Å². The van der Waals surface area contributed by atoms with E-state index < -0.39 is 11.6 Å². The molecule has 1 heterocycles. The van der Waals surface area contributed by atoms with Crippen LogP contribution in [0.25, 0.3) is 22.4 Å². The molecule has 0 bridgehead atoms. The van der Waals surface area contributed by atoms with Gasteiger partial charge in [-0.2, -0.15) is 0 Å². The average molecular weight is 260 g/mol. The first kappa shape index (κ1) is 11.6. The zero-order valence-electron chi connectivity index (χ0n) is 10.0. The molecule has 0 atom stereocenters. The third-order valence-corrected chi connectivity index (χ3v) is 3.02. The Hall–Kier alpha value is -2.43. The second kappa shape index (κ2) is 4.05. The van der Waals surface area contributed by atoms with Gasteiger partial charge in [-0.05, 0) is 42.8 Å². The maximum Gasteiger partial charge on any atom is 0.186 e. The van der Waals surface area contributed by atoms with E-state index in [-0.39, 0.29) is 11.3 Å². The maximum atomic E-state index is 13.6. The maximum absolute atomic E-state index is 13.6. The number of H-pyrrole nitrogens is 1. The van der Waals surface area contributed by atoms with E-state index in [0.29, 0.717) is 22.5 Å². The number of phenols is 1. The molecule has 0 radical (unpaired) electrons. The molecule has 96 valence electrons. The number of benzene rings is 2.